The van der Waals surface area contributed by atoms with Crippen LogP contribution in [0.3, 0.4) is 0 Å². The second kappa shape index (κ2) is 8.54. The van der Waals surface area contributed by atoms with E-state index in [2.05, 4.69) is 20.8 Å². The largest absolute Gasteiger partial charge is 0.475 e. The number of methoxy groups -OCH3 is 1. The van der Waals surface area contributed by atoms with Crippen molar-refractivity contribution in [2.24, 2.45) is 5.73 Å². The zero-order chi connectivity index (χ0) is 20.1. The van der Waals surface area contributed by atoms with E-state index in [1.165, 1.54) is 7.11 Å². The number of ether oxygens (including phenoxy) is 3. The Kier molecular flexibility index (Phi) is 7.21. The van der Waals surface area contributed by atoms with E-state index >= 15 is 0 Å². The van der Waals surface area contributed by atoms with Crippen LogP contribution in [0.4, 0.5) is 0 Å². The molecule has 1 unspecified atom stereocenters. The van der Waals surface area contributed by atoms with Crippen molar-refractivity contribution in [1.29, 1.82) is 0 Å². The lowest BCUT2D eigenvalue weighted by molar-refractivity contribution is -0.155. The number of carbonyl (C=O) groups excluding carboxylic acids is 2. The molecule has 1 aromatic carbocycles. The number of esters is 2. The molecule has 1 atom stereocenters. The molecule has 0 radical (unpaired) electrons. The third-order valence-corrected chi connectivity index (χ3v) is 3.58. The molecule has 0 aliphatic carbocycles. The summed E-state index contributed by atoms with van der Waals surface area (Å²) >= 11 is 0. The standard InChI is InChI=1S/C20H31NO5/c1-19(2,3)13-8-9-14(18(23)24-7)15(12-13)25-16(21)10-11-17(22)26-20(4,5)6/h8-9,12,16H,10-11,21H2,1-7H3. The minimum absolute atomic E-state index is 0.118. The molecular weight excluding hydrogens is 334 g/mol. The summed E-state index contributed by atoms with van der Waals surface area (Å²) in [5.74, 6) is -0.492. The molecule has 0 aliphatic rings. The van der Waals surface area contributed by atoms with Crippen molar-refractivity contribution in [1.82, 2.24) is 0 Å². The number of hydrogen-bond donors (Lipinski definition) is 1. The number of hydrogen-bond acceptors (Lipinski definition) is 6. The molecule has 26 heavy (non-hydrogen) atoms. The van der Waals surface area contributed by atoms with Crippen molar-refractivity contribution in [3.8, 4) is 5.75 Å². The SMILES string of the molecule is COC(=O)c1ccc(C(C)(C)C)cc1OC(N)CCC(=O)OC(C)(C)C. The van der Waals surface area contributed by atoms with Crippen LogP contribution < -0.4 is 10.5 Å². The second-order valence-corrected chi connectivity index (χ2v) is 8.23. The smallest absolute Gasteiger partial charge is 0.341 e. The molecule has 1 aromatic rings. The summed E-state index contributed by atoms with van der Waals surface area (Å²) in [6.07, 6.45) is -0.346. The van der Waals surface area contributed by atoms with Gasteiger partial charge in [0.2, 0.25) is 0 Å². The maximum atomic E-state index is 12.0. The number of rotatable bonds is 6. The predicted octanol–water partition coefficient (Wildman–Crippen LogP) is 3.56. The van der Waals surface area contributed by atoms with Gasteiger partial charge in [-0.2, -0.15) is 0 Å². The van der Waals surface area contributed by atoms with E-state index in [1.54, 1.807) is 12.1 Å². The molecule has 0 fully saturated rings. The van der Waals surface area contributed by atoms with Crippen molar-refractivity contribution < 1.29 is 23.8 Å². The van der Waals surface area contributed by atoms with Gasteiger partial charge >= 0.3 is 11.9 Å². The number of nitrogens with two attached hydrogens (primary N) is 1. The Labute approximate surface area is 156 Å². The molecule has 0 aliphatic heterocycles. The van der Waals surface area contributed by atoms with Crippen LogP contribution in [0.2, 0.25) is 0 Å². The Bertz CT molecular complexity index is 641. The Morgan fingerprint density at radius 3 is 2.23 bits per heavy atom. The van der Waals surface area contributed by atoms with Crippen LogP contribution in [-0.2, 0) is 19.7 Å². The Morgan fingerprint density at radius 1 is 1.12 bits per heavy atom. The third-order valence-electron chi connectivity index (χ3n) is 3.58. The van der Waals surface area contributed by atoms with Gasteiger partial charge in [0.1, 0.15) is 23.1 Å². The van der Waals surface area contributed by atoms with Gasteiger partial charge in [-0.05, 0) is 43.9 Å². The van der Waals surface area contributed by atoms with Crippen LogP contribution in [0.1, 0.15) is 70.3 Å². The van der Waals surface area contributed by atoms with Crippen LogP contribution in [0.5, 0.6) is 5.75 Å². The quantitative estimate of drug-likeness (QED) is 0.613. The van der Waals surface area contributed by atoms with Gasteiger partial charge in [0, 0.05) is 6.42 Å². The molecule has 0 bridgehead atoms. The Morgan fingerprint density at radius 2 is 1.73 bits per heavy atom. The summed E-state index contributed by atoms with van der Waals surface area (Å²) in [5, 5.41) is 0. The highest BCUT2D eigenvalue weighted by Crippen LogP contribution is 2.29. The van der Waals surface area contributed by atoms with E-state index in [0.717, 1.165) is 5.56 Å². The predicted molar refractivity (Wildman–Crippen MR) is 100 cm³/mol. The second-order valence-electron chi connectivity index (χ2n) is 8.23. The molecule has 0 saturated heterocycles. The molecular formula is C20H31NO5. The molecule has 6 nitrogen and oxygen atoms in total. The fourth-order valence-corrected chi connectivity index (χ4v) is 2.24. The first-order chi connectivity index (χ1) is 11.8. The average molecular weight is 365 g/mol. The van der Waals surface area contributed by atoms with E-state index < -0.39 is 17.8 Å². The fraction of sp³-hybridized carbons (Fsp3) is 0.600. The van der Waals surface area contributed by atoms with Gasteiger partial charge in [-0.1, -0.05) is 26.8 Å². The first kappa shape index (κ1) is 22.0. The number of benzene rings is 1. The molecule has 6 heteroatoms. The van der Waals surface area contributed by atoms with Gasteiger partial charge in [0.05, 0.1) is 13.5 Å². The van der Waals surface area contributed by atoms with E-state index in [0.29, 0.717) is 11.3 Å². The Balaban J connectivity index is 2.88. The average Bonchev–Trinajstić information content (AvgIpc) is 2.49. The first-order valence-electron chi connectivity index (χ1n) is 8.70. The van der Waals surface area contributed by atoms with Crippen LogP contribution in [-0.4, -0.2) is 30.9 Å². The van der Waals surface area contributed by atoms with Gasteiger partial charge < -0.3 is 14.2 Å². The first-order valence-corrected chi connectivity index (χ1v) is 8.70. The summed E-state index contributed by atoms with van der Waals surface area (Å²) in [4.78, 5) is 23.8. The van der Waals surface area contributed by atoms with Gasteiger partial charge in [-0.25, -0.2) is 4.79 Å². The highest BCUT2D eigenvalue weighted by molar-refractivity contribution is 5.92. The van der Waals surface area contributed by atoms with Crippen LogP contribution >= 0.6 is 0 Å². The van der Waals surface area contributed by atoms with Crippen molar-refractivity contribution in [3.63, 3.8) is 0 Å². The highest BCUT2D eigenvalue weighted by atomic mass is 16.6. The zero-order valence-electron chi connectivity index (χ0n) is 16.8. The van der Waals surface area contributed by atoms with Crippen LogP contribution in [0.15, 0.2) is 18.2 Å². The lowest BCUT2D eigenvalue weighted by atomic mass is 9.86. The maximum absolute atomic E-state index is 12.0. The molecule has 0 heterocycles. The summed E-state index contributed by atoms with van der Waals surface area (Å²) in [5.41, 5.74) is 6.65. The summed E-state index contributed by atoms with van der Waals surface area (Å²) < 4.78 is 15.8. The normalized spacial score (nSPS) is 13.1. The van der Waals surface area contributed by atoms with E-state index in [9.17, 15) is 9.59 Å². The van der Waals surface area contributed by atoms with Gasteiger partial charge in [-0.15, -0.1) is 0 Å². The fourth-order valence-electron chi connectivity index (χ4n) is 2.24. The number of carbonyl (C=O) groups is 2. The minimum atomic E-state index is -0.749. The van der Waals surface area contributed by atoms with Crippen molar-refractivity contribution in [3.05, 3.63) is 29.3 Å². The van der Waals surface area contributed by atoms with E-state index in [4.69, 9.17) is 19.9 Å². The minimum Gasteiger partial charge on any atom is -0.475 e. The monoisotopic (exact) mass is 365 g/mol. The van der Waals surface area contributed by atoms with Gasteiger partial charge in [0.15, 0.2) is 0 Å². The highest BCUT2D eigenvalue weighted by Gasteiger charge is 2.22. The van der Waals surface area contributed by atoms with Crippen LogP contribution in [0, 0.1) is 0 Å². The molecule has 0 aromatic heterocycles. The van der Waals surface area contributed by atoms with Gasteiger partial charge in [-0.3, -0.25) is 10.5 Å². The summed E-state index contributed by atoms with van der Waals surface area (Å²) in [6, 6.07) is 5.33. The summed E-state index contributed by atoms with van der Waals surface area (Å²) in [7, 11) is 1.31. The third kappa shape index (κ3) is 7.04. The lowest BCUT2D eigenvalue weighted by Gasteiger charge is -2.23. The molecule has 0 saturated carbocycles. The van der Waals surface area contributed by atoms with Gasteiger partial charge in [0.25, 0.3) is 0 Å². The van der Waals surface area contributed by atoms with E-state index in [1.807, 2.05) is 26.8 Å². The Hall–Kier alpha value is -2.08. The van der Waals surface area contributed by atoms with Crippen molar-refractivity contribution in [2.45, 2.75) is 71.6 Å². The molecule has 146 valence electrons. The lowest BCUT2D eigenvalue weighted by Crippen LogP contribution is -2.30. The van der Waals surface area contributed by atoms with Crippen LogP contribution in [0.25, 0.3) is 0 Å². The molecule has 2 N–H and O–H groups in total. The van der Waals surface area contributed by atoms with Crippen molar-refractivity contribution >= 4 is 11.9 Å². The molecule has 0 spiro atoms. The summed E-state index contributed by atoms with van der Waals surface area (Å²) in [6.45, 7) is 11.6. The van der Waals surface area contributed by atoms with Crippen molar-refractivity contribution in [2.75, 3.05) is 7.11 Å². The van der Waals surface area contributed by atoms with E-state index in [-0.39, 0.29) is 24.2 Å². The molecule has 1 rings (SSSR count). The topological polar surface area (TPSA) is 87.9 Å². The zero-order valence-corrected chi connectivity index (χ0v) is 16.8. The maximum Gasteiger partial charge on any atom is 0.341 e. The molecule has 0 amide bonds.